The average molecular weight is 591 g/mol. The van der Waals surface area contributed by atoms with Gasteiger partial charge >= 0.3 is 11.9 Å². The van der Waals surface area contributed by atoms with Crippen LogP contribution in [0.5, 0.6) is 0 Å². The molecule has 4 heteroatoms. The van der Waals surface area contributed by atoms with E-state index in [4.69, 9.17) is 10.2 Å². The summed E-state index contributed by atoms with van der Waals surface area (Å²) < 4.78 is 0. The number of carboxylic acids is 2. The molecule has 0 saturated carbocycles. The van der Waals surface area contributed by atoms with Crippen LogP contribution >= 0.6 is 0 Å². The van der Waals surface area contributed by atoms with E-state index in [2.05, 4.69) is 24.3 Å². The lowest BCUT2D eigenvalue weighted by molar-refractivity contribution is -0.138. The topological polar surface area (TPSA) is 74.6 Å². The van der Waals surface area contributed by atoms with Crippen molar-refractivity contribution in [3.05, 3.63) is 24.3 Å². The van der Waals surface area contributed by atoms with Gasteiger partial charge in [0, 0.05) is 12.8 Å². The second kappa shape index (κ2) is 35.6. The quantitative estimate of drug-likeness (QED) is 0.0568. The fourth-order valence-electron chi connectivity index (χ4n) is 5.61. The van der Waals surface area contributed by atoms with Gasteiger partial charge in [-0.3, -0.25) is 9.59 Å². The van der Waals surface area contributed by atoms with E-state index in [-0.39, 0.29) is 0 Å². The van der Waals surface area contributed by atoms with Crippen molar-refractivity contribution in [2.24, 2.45) is 0 Å². The Bertz CT molecular complexity index is 571. The third kappa shape index (κ3) is 38.4. The van der Waals surface area contributed by atoms with Gasteiger partial charge in [0.1, 0.15) is 0 Å². The van der Waals surface area contributed by atoms with E-state index in [1.54, 1.807) is 0 Å². The van der Waals surface area contributed by atoms with Gasteiger partial charge in [-0.2, -0.15) is 0 Å². The molecule has 2 N–H and O–H groups in total. The zero-order valence-electron chi connectivity index (χ0n) is 27.6. The molecule has 0 radical (unpaired) electrons. The van der Waals surface area contributed by atoms with Crippen LogP contribution in [-0.4, -0.2) is 22.2 Å². The standard InChI is InChI=1S/C38H70O4/c39-37(40)35-33-31-29-27-25-23-21-19-17-15-13-11-9-7-5-3-1-2-4-6-8-10-12-14-16-18-20-22-24-26-28-30-32-34-36-38(41)42/h19-22H,1-18,23-36H2,(H,39,40)(H,41,42). The maximum absolute atomic E-state index is 10.5. The van der Waals surface area contributed by atoms with Crippen molar-refractivity contribution in [1.29, 1.82) is 0 Å². The van der Waals surface area contributed by atoms with Gasteiger partial charge in [-0.15, -0.1) is 0 Å². The Labute approximate surface area is 261 Å². The second-order valence-corrected chi connectivity index (χ2v) is 12.6. The summed E-state index contributed by atoms with van der Waals surface area (Å²) >= 11 is 0. The van der Waals surface area contributed by atoms with Gasteiger partial charge in [-0.05, 0) is 64.2 Å². The van der Waals surface area contributed by atoms with Crippen LogP contribution in [0, 0.1) is 0 Å². The zero-order chi connectivity index (χ0) is 30.6. The molecule has 0 heterocycles. The number of rotatable bonds is 35. The number of carbonyl (C=O) groups is 2. The van der Waals surface area contributed by atoms with Gasteiger partial charge in [-0.25, -0.2) is 0 Å². The molecule has 0 aromatic carbocycles. The molecule has 0 spiro atoms. The maximum atomic E-state index is 10.5. The highest BCUT2D eigenvalue weighted by Gasteiger charge is 1.98. The van der Waals surface area contributed by atoms with Crippen molar-refractivity contribution in [3.8, 4) is 0 Å². The summed E-state index contributed by atoms with van der Waals surface area (Å²) in [6, 6.07) is 0. The predicted octanol–water partition coefficient (Wildman–Crippen LogP) is 12.8. The molecule has 0 aliphatic heterocycles. The summed E-state index contributed by atoms with van der Waals surface area (Å²) in [4.78, 5) is 20.9. The van der Waals surface area contributed by atoms with Crippen molar-refractivity contribution in [2.45, 2.75) is 205 Å². The Hall–Kier alpha value is -1.58. The summed E-state index contributed by atoms with van der Waals surface area (Å²) in [5, 5.41) is 17.2. The fourth-order valence-corrected chi connectivity index (χ4v) is 5.61. The molecule has 0 aromatic heterocycles. The molecule has 4 nitrogen and oxygen atoms in total. The Morgan fingerprint density at radius 3 is 0.643 bits per heavy atom. The highest BCUT2D eigenvalue weighted by Crippen LogP contribution is 2.15. The molecule has 42 heavy (non-hydrogen) atoms. The van der Waals surface area contributed by atoms with Crippen LogP contribution in [0.25, 0.3) is 0 Å². The molecule has 0 fully saturated rings. The number of aliphatic carboxylic acids is 2. The minimum Gasteiger partial charge on any atom is -0.481 e. The van der Waals surface area contributed by atoms with Crippen molar-refractivity contribution >= 4 is 11.9 Å². The summed E-state index contributed by atoms with van der Waals surface area (Å²) in [6.45, 7) is 0. The van der Waals surface area contributed by atoms with E-state index in [9.17, 15) is 9.59 Å². The summed E-state index contributed by atoms with van der Waals surface area (Å²) in [7, 11) is 0. The average Bonchev–Trinajstić information content (AvgIpc) is 2.96. The molecule has 246 valence electrons. The highest BCUT2D eigenvalue weighted by atomic mass is 16.4. The monoisotopic (exact) mass is 591 g/mol. The third-order valence-corrected chi connectivity index (χ3v) is 8.35. The molecule has 0 amide bonds. The van der Waals surface area contributed by atoms with E-state index < -0.39 is 11.9 Å². The van der Waals surface area contributed by atoms with Crippen molar-refractivity contribution in [1.82, 2.24) is 0 Å². The van der Waals surface area contributed by atoms with E-state index >= 15 is 0 Å². The first kappa shape index (κ1) is 40.4. The smallest absolute Gasteiger partial charge is 0.303 e. The first-order chi connectivity index (χ1) is 20.6. The van der Waals surface area contributed by atoms with Gasteiger partial charge in [0.05, 0.1) is 0 Å². The van der Waals surface area contributed by atoms with Crippen LogP contribution in [-0.2, 0) is 9.59 Å². The normalized spacial score (nSPS) is 11.7. The molecule has 0 saturated heterocycles. The van der Waals surface area contributed by atoms with E-state index in [1.807, 2.05) is 0 Å². The van der Waals surface area contributed by atoms with Crippen LogP contribution in [0.15, 0.2) is 24.3 Å². The van der Waals surface area contributed by atoms with Crippen LogP contribution in [0.2, 0.25) is 0 Å². The number of unbranched alkanes of at least 4 members (excludes halogenated alkanes) is 27. The van der Waals surface area contributed by atoms with Gasteiger partial charge < -0.3 is 10.2 Å². The lowest BCUT2D eigenvalue weighted by Crippen LogP contribution is -1.93. The lowest BCUT2D eigenvalue weighted by Gasteiger charge is -2.03. The van der Waals surface area contributed by atoms with Crippen molar-refractivity contribution in [3.63, 3.8) is 0 Å². The minimum absolute atomic E-state index is 0.325. The van der Waals surface area contributed by atoms with Gasteiger partial charge in [-0.1, -0.05) is 153 Å². The maximum Gasteiger partial charge on any atom is 0.303 e. The van der Waals surface area contributed by atoms with Crippen molar-refractivity contribution in [2.75, 3.05) is 0 Å². The largest absolute Gasteiger partial charge is 0.481 e. The Kier molecular flexibility index (Phi) is 34.3. The van der Waals surface area contributed by atoms with E-state index in [0.717, 1.165) is 25.7 Å². The Balaban J connectivity index is 3.13. The number of allylic oxidation sites excluding steroid dienone is 4. The van der Waals surface area contributed by atoms with Gasteiger partial charge in [0.15, 0.2) is 0 Å². The first-order valence-corrected chi connectivity index (χ1v) is 18.4. The Morgan fingerprint density at radius 1 is 0.286 bits per heavy atom. The highest BCUT2D eigenvalue weighted by molar-refractivity contribution is 5.66. The fraction of sp³-hybridized carbons (Fsp3) is 0.842. The van der Waals surface area contributed by atoms with Crippen LogP contribution < -0.4 is 0 Å². The molecular formula is C38H70O4. The van der Waals surface area contributed by atoms with Crippen LogP contribution in [0.1, 0.15) is 205 Å². The zero-order valence-corrected chi connectivity index (χ0v) is 27.6. The Morgan fingerprint density at radius 2 is 0.452 bits per heavy atom. The molecule has 0 aliphatic carbocycles. The van der Waals surface area contributed by atoms with E-state index in [0.29, 0.717) is 12.8 Å². The minimum atomic E-state index is -0.666. The summed E-state index contributed by atoms with van der Waals surface area (Å²) in [6.07, 6.45) is 48.5. The molecular weight excluding hydrogens is 520 g/mol. The lowest BCUT2D eigenvalue weighted by atomic mass is 10.0. The third-order valence-electron chi connectivity index (χ3n) is 8.35. The molecule has 0 aliphatic rings. The SMILES string of the molecule is O=C(O)CCCCCCCC=CCCCCCCCCCCCCCCCCCCC=CCCCCCCCC(=O)O. The molecule has 0 aromatic rings. The second-order valence-electron chi connectivity index (χ2n) is 12.6. The molecule has 0 rings (SSSR count). The molecule has 0 unspecified atom stereocenters. The first-order valence-electron chi connectivity index (χ1n) is 18.4. The number of hydrogen-bond donors (Lipinski definition) is 2. The van der Waals surface area contributed by atoms with Gasteiger partial charge in [0.2, 0.25) is 0 Å². The number of hydrogen-bond acceptors (Lipinski definition) is 2. The molecule has 0 atom stereocenters. The van der Waals surface area contributed by atoms with Gasteiger partial charge in [0.25, 0.3) is 0 Å². The predicted molar refractivity (Wildman–Crippen MR) is 181 cm³/mol. The summed E-state index contributed by atoms with van der Waals surface area (Å²) in [5.41, 5.74) is 0. The number of carboxylic acid groups (broad SMARTS) is 2. The molecule has 0 bridgehead atoms. The summed E-state index contributed by atoms with van der Waals surface area (Å²) in [5.74, 6) is -1.33. The van der Waals surface area contributed by atoms with Crippen LogP contribution in [0.3, 0.4) is 0 Å². The van der Waals surface area contributed by atoms with Crippen molar-refractivity contribution < 1.29 is 19.8 Å². The van der Waals surface area contributed by atoms with E-state index in [1.165, 1.54) is 167 Å². The van der Waals surface area contributed by atoms with Crippen LogP contribution in [0.4, 0.5) is 0 Å².